The van der Waals surface area contributed by atoms with Crippen LogP contribution < -0.4 is 0 Å². The first-order valence-electron chi connectivity index (χ1n) is 8.42. The zero-order valence-electron chi connectivity index (χ0n) is 15.3. The molecule has 144 valence electrons. The molecule has 0 aromatic carbocycles. The van der Waals surface area contributed by atoms with E-state index in [4.69, 9.17) is 16.1 Å². The van der Waals surface area contributed by atoms with Crippen LogP contribution in [0, 0.1) is 0 Å². The van der Waals surface area contributed by atoms with Crippen LogP contribution >= 0.6 is 22.9 Å². The number of nitrogens with zero attached hydrogens (tertiary/aromatic N) is 4. The summed E-state index contributed by atoms with van der Waals surface area (Å²) in [7, 11) is -3.48. The largest absolute Gasteiger partial charge is 0.338 e. The molecule has 0 spiro atoms. The highest BCUT2D eigenvalue weighted by Crippen LogP contribution is 2.30. The Morgan fingerprint density at radius 2 is 1.88 bits per heavy atom. The van der Waals surface area contributed by atoms with Gasteiger partial charge >= 0.3 is 0 Å². The van der Waals surface area contributed by atoms with E-state index in [9.17, 15) is 8.42 Å². The Labute approximate surface area is 163 Å². The average molecular weight is 419 g/mol. The van der Waals surface area contributed by atoms with E-state index in [1.165, 1.54) is 4.31 Å². The molecular formula is C16H23ClN4O3S2. The normalized spacial score (nSPS) is 19.0. The Morgan fingerprint density at radius 1 is 1.23 bits per heavy atom. The first-order valence-corrected chi connectivity index (χ1v) is 11.1. The smallest absolute Gasteiger partial charge is 0.252 e. The Morgan fingerprint density at radius 3 is 2.38 bits per heavy atom. The maximum atomic E-state index is 12.7. The standard InChI is InChI=1S/C16H23ClN4O3S2/c1-11(14-18-15(19-24-14)16(2,3)4)20-7-9-21(10-8-20)26(22,23)13-6-5-12(17)25-13/h5-6,11H,7-10H2,1-4H3. The number of aromatic nitrogens is 2. The number of piperazine rings is 1. The molecule has 1 saturated heterocycles. The molecular weight excluding hydrogens is 396 g/mol. The summed E-state index contributed by atoms with van der Waals surface area (Å²) in [5.41, 5.74) is -0.170. The van der Waals surface area contributed by atoms with Crippen molar-refractivity contribution in [3.8, 4) is 0 Å². The van der Waals surface area contributed by atoms with Crippen molar-refractivity contribution in [3.05, 3.63) is 28.2 Å². The maximum Gasteiger partial charge on any atom is 0.252 e. The SMILES string of the molecule is CC(c1nc(C(C)(C)C)no1)N1CCN(S(=O)(=O)c2ccc(Cl)s2)CC1. The monoisotopic (exact) mass is 418 g/mol. The van der Waals surface area contributed by atoms with E-state index >= 15 is 0 Å². The highest BCUT2D eigenvalue weighted by molar-refractivity contribution is 7.91. The molecule has 0 aliphatic carbocycles. The van der Waals surface area contributed by atoms with Crippen LogP contribution in [0.15, 0.2) is 20.9 Å². The van der Waals surface area contributed by atoms with Crippen LogP contribution in [-0.2, 0) is 15.4 Å². The number of hydrogen-bond donors (Lipinski definition) is 0. The molecule has 1 aliphatic heterocycles. The summed E-state index contributed by atoms with van der Waals surface area (Å²) in [4.78, 5) is 6.67. The van der Waals surface area contributed by atoms with Crippen LogP contribution in [0.1, 0.15) is 45.5 Å². The van der Waals surface area contributed by atoms with Crippen molar-refractivity contribution in [2.24, 2.45) is 0 Å². The Kier molecular flexibility index (Phi) is 5.47. The van der Waals surface area contributed by atoms with Gasteiger partial charge in [0, 0.05) is 31.6 Å². The molecule has 3 rings (SSSR count). The molecule has 2 aromatic rings. The summed E-state index contributed by atoms with van der Waals surface area (Å²) < 4.78 is 33.1. The first-order chi connectivity index (χ1) is 12.1. The third kappa shape index (κ3) is 3.96. The van der Waals surface area contributed by atoms with Gasteiger partial charge in [0.05, 0.1) is 10.4 Å². The number of rotatable bonds is 4. The predicted octanol–water partition coefficient (Wildman–Crippen LogP) is 3.15. The minimum atomic E-state index is -3.48. The molecule has 0 N–H and O–H groups in total. The molecule has 26 heavy (non-hydrogen) atoms. The van der Waals surface area contributed by atoms with E-state index in [1.54, 1.807) is 12.1 Å². The van der Waals surface area contributed by atoms with E-state index in [1.807, 2.05) is 27.7 Å². The van der Waals surface area contributed by atoms with Gasteiger partial charge in [-0.2, -0.15) is 9.29 Å². The zero-order valence-corrected chi connectivity index (χ0v) is 17.7. The molecule has 3 heterocycles. The van der Waals surface area contributed by atoms with Gasteiger partial charge in [0.1, 0.15) is 4.21 Å². The lowest BCUT2D eigenvalue weighted by atomic mass is 9.96. The second kappa shape index (κ2) is 7.20. The van der Waals surface area contributed by atoms with Gasteiger partial charge in [-0.05, 0) is 19.1 Å². The molecule has 7 nitrogen and oxygen atoms in total. The van der Waals surface area contributed by atoms with Crippen molar-refractivity contribution in [1.82, 2.24) is 19.3 Å². The van der Waals surface area contributed by atoms with Gasteiger partial charge in [0.25, 0.3) is 10.0 Å². The highest BCUT2D eigenvalue weighted by atomic mass is 35.5. The van der Waals surface area contributed by atoms with Crippen molar-refractivity contribution in [2.45, 2.75) is 43.4 Å². The quantitative estimate of drug-likeness (QED) is 0.758. The van der Waals surface area contributed by atoms with Gasteiger partial charge in [0.15, 0.2) is 5.82 Å². The minimum Gasteiger partial charge on any atom is -0.338 e. The summed E-state index contributed by atoms with van der Waals surface area (Å²) in [6.45, 7) is 10.2. The average Bonchev–Trinajstić information content (AvgIpc) is 3.23. The molecule has 0 amide bonds. The van der Waals surface area contributed by atoms with Gasteiger partial charge in [0.2, 0.25) is 5.89 Å². The third-order valence-corrected chi connectivity index (χ3v) is 8.03. The second-order valence-corrected chi connectivity index (χ2v) is 11.3. The molecule has 1 fully saturated rings. The fraction of sp³-hybridized carbons (Fsp3) is 0.625. The lowest BCUT2D eigenvalue weighted by Crippen LogP contribution is -2.49. The van der Waals surface area contributed by atoms with E-state index < -0.39 is 10.0 Å². The summed E-state index contributed by atoms with van der Waals surface area (Å²) >= 11 is 6.96. The number of halogens is 1. The van der Waals surface area contributed by atoms with Gasteiger partial charge in [-0.15, -0.1) is 11.3 Å². The van der Waals surface area contributed by atoms with E-state index in [0.717, 1.165) is 11.3 Å². The van der Waals surface area contributed by atoms with Crippen LogP contribution in [0.5, 0.6) is 0 Å². The summed E-state index contributed by atoms with van der Waals surface area (Å²) in [6.07, 6.45) is 0. The van der Waals surface area contributed by atoms with Crippen LogP contribution in [0.4, 0.5) is 0 Å². The molecule has 2 aromatic heterocycles. The summed E-state index contributed by atoms with van der Waals surface area (Å²) in [5.74, 6) is 1.24. The molecule has 1 unspecified atom stereocenters. The van der Waals surface area contributed by atoms with Gasteiger partial charge in [-0.3, -0.25) is 4.90 Å². The lowest BCUT2D eigenvalue weighted by molar-refractivity contribution is 0.124. The van der Waals surface area contributed by atoms with Crippen molar-refractivity contribution < 1.29 is 12.9 Å². The van der Waals surface area contributed by atoms with Crippen LogP contribution in [0.2, 0.25) is 4.34 Å². The maximum absolute atomic E-state index is 12.7. The van der Waals surface area contributed by atoms with Crippen molar-refractivity contribution >= 4 is 33.0 Å². The van der Waals surface area contributed by atoms with Crippen LogP contribution in [-0.4, -0.2) is 53.9 Å². The summed E-state index contributed by atoms with van der Waals surface area (Å²) in [5, 5.41) is 4.07. The molecule has 0 bridgehead atoms. The Bertz CT molecular complexity index is 864. The molecule has 1 atom stereocenters. The molecule has 0 saturated carbocycles. The fourth-order valence-corrected chi connectivity index (χ4v) is 5.82. The number of sulfonamides is 1. The zero-order chi connectivity index (χ0) is 19.1. The lowest BCUT2D eigenvalue weighted by Gasteiger charge is -2.35. The van der Waals surface area contributed by atoms with Crippen molar-refractivity contribution in [3.63, 3.8) is 0 Å². The Hall–Kier alpha value is -1.000. The van der Waals surface area contributed by atoms with E-state index in [-0.39, 0.29) is 15.7 Å². The van der Waals surface area contributed by atoms with Gasteiger partial charge < -0.3 is 4.52 Å². The first kappa shape index (κ1) is 19.8. The molecule has 1 aliphatic rings. The number of hydrogen-bond acceptors (Lipinski definition) is 7. The molecule has 10 heteroatoms. The summed E-state index contributed by atoms with van der Waals surface area (Å²) in [6, 6.07) is 3.11. The Balaban J connectivity index is 1.65. The second-order valence-electron chi connectivity index (χ2n) is 7.38. The predicted molar refractivity (Wildman–Crippen MR) is 101 cm³/mol. The van der Waals surface area contributed by atoms with E-state index in [2.05, 4.69) is 15.0 Å². The van der Waals surface area contributed by atoms with Gasteiger partial charge in [-0.25, -0.2) is 8.42 Å². The third-order valence-electron chi connectivity index (χ3n) is 4.43. The fourth-order valence-electron chi connectivity index (χ4n) is 2.76. The van der Waals surface area contributed by atoms with Crippen molar-refractivity contribution in [2.75, 3.05) is 26.2 Å². The minimum absolute atomic E-state index is 0.0559. The highest BCUT2D eigenvalue weighted by Gasteiger charge is 2.33. The van der Waals surface area contributed by atoms with Crippen LogP contribution in [0.25, 0.3) is 0 Å². The topological polar surface area (TPSA) is 79.5 Å². The van der Waals surface area contributed by atoms with Crippen molar-refractivity contribution in [1.29, 1.82) is 0 Å². The van der Waals surface area contributed by atoms with Crippen LogP contribution in [0.3, 0.4) is 0 Å². The van der Waals surface area contributed by atoms with Gasteiger partial charge in [-0.1, -0.05) is 37.5 Å². The number of thiophene rings is 1. The molecule has 0 radical (unpaired) electrons. The van der Waals surface area contributed by atoms with E-state index in [0.29, 0.717) is 42.2 Å².